The van der Waals surface area contributed by atoms with Crippen molar-refractivity contribution in [2.45, 2.75) is 52.7 Å². The predicted octanol–water partition coefficient (Wildman–Crippen LogP) is 4.01. The highest BCUT2D eigenvalue weighted by molar-refractivity contribution is 6.31. The molecule has 0 aliphatic carbocycles. The van der Waals surface area contributed by atoms with Crippen molar-refractivity contribution in [3.05, 3.63) is 40.7 Å². The van der Waals surface area contributed by atoms with E-state index < -0.39 is 0 Å². The summed E-state index contributed by atoms with van der Waals surface area (Å²) in [7, 11) is 0. The zero-order chi connectivity index (χ0) is 18.2. The minimum absolute atomic E-state index is 0.0142. The second-order valence-electron chi connectivity index (χ2n) is 7.28. The fraction of sp³-hybridized carbons (Fsp3) is 0.444. The molecule has 0 atom stereocenters. The number of benzene rings is 1. The van der Waals surface area contributed by atoms with E-state index in [0.29, 0.717) is 34.4 Å². The summed E-state index contributed by atoms with van der Waals surface area (Å²) >= 11 is 6.28. The highest BCUT2D eigenvalue weighted by Gasteiger charge is 2.24. The molecule has 0 bridgehead atoms. The van der Waals surface area contributed by atoms with E-state index in [9.17, 15) is 0 Å². The van der Waals surface area contributed by atoms with Gasteiger partial charge in [0, 0.05) is 10.4 Å². The summed E-state index contributed by atoms with van der Waals surface area (Å²) in [4.78, 5) is 9.28. The maximum absolute atomic E-state index is 6.28. The van der Waals surface area contributed by atoms with E-state index in [-0.39, 0.29) is 11.5 Å². The molecular formula is C18H22ClN5O. The van der Waals surface area contributed by atoms with E-state index in [0.717, 1.165) is 5.56 Å². The van der Waals surface area contributed by atoms with Crippen LogP contribution in [0.15, 0.2) is 24.3 Å². The summed E-state index contributed by atoms with van der Waals surface area (Å²) in [5, 5.41) is 9.18. The standard InChI is InChI=1S/C18H22ClN5O/c1-11(2)25-16-14-15(20-17(21-16)18(3,4)5)24(23-22-14)10-12-8-6-7-9-13(12)19/h6-9,11H,10H2,1-5H3. The van der Waals surface area contributed by atoms with Gasteiger partial charge in [-0.25, -0.2) is 9.67 Å². The first kappa shape index (κ1) is 17.6. The summed E-state index contributed by atoms with van der Waals surface area (Å²) in [6.45, 7) is 10.6. The third-order valence-electron chi connectivity index (χ3n) is 3.63. The average molecular weight is 360 g/mol. The molecule has 0 fully saturated rings. The number of nitrogens with zero attached hydrogens (tertiary/aromatic N) is 5. The Kier molecular flexibility index (Phi) is 4.64. The molecule has 3 rings (SSSR count). The minimum Gasteiger partial charge on any atom is -0.473 e. The van der Waals surface area contributed by atoms with Crippen LogP contribution in [0.2, 0.25) is 5.02 Å². The molecule has 0 saturated heterocycles. The van der Waals surface area contributed by atoms with Gasteiger partial charge in [-0.15, -0.1) is 5.10 Å². The number of hydrogen-bond donors (Lipinski definition) is 0. The molecule has 0 N–H and O–H groups in total. The van der Waals surface area contributed by atoms with Gasteiger partial charge in [-0.3, -0.25) is 0 Å². The first-order chi connectivity index (χ1) is 11.8. The van der Waals surface area contributed by atoms with Crippen LogP contribution in [0, 0.1) is 0 Å². The summed E-state index contributed by atoms with van der Waals surface area (Å²) < 4.78 is 7.59. The van der Waals surface area contributed by atoms with Crippen LogP contribution >= 0.6 is 11.6 Å². The first-order valence-corrected chi connectivity index (χ1v) is 8.65. The third kappa shape index (κ3) is 3.74. The molecule has 0 amide bonds. The number of halogens is 1. The number of aromatic nitrogens is 5. The van der Waals surface area contributed by atoms with Crippen LogP contribution in [-0.4, -0.2) is 31.1 Å². The Balaban J connectivity index is 2.13. The fourth-order valence-electron chi connectivity index (χ4n) is 2.37. The molecule has 0 aliphatic rings. The smallest absolute Gasteiger partial charge is 0.248 e. The summed E-state index contributed by atoms with van der Waals surface area (Å²) in [5.74, 6) is 1.16. The maximum Gasteiger partial charge on any atom is 0.248 e. The number of hydrogen-bond acceptors (Lipinski definition) is 5. The van der Waals surface area contributed by atoms with E-state index in [1.165, 1.54) is 0 Å². The van der Waals surface area contributed by atoms with Gasteiger partial charge in [0.05, 0.1) is 12.6 Å². The number of ether oxygens (including phenoxy) is 1. The van der Waals surface area contributed by atoms with Crippen LogP contribution in [0.5, 0.6) is 5.88 Å². The molecule has 7 heteroatoms. The van der Waals surface area contributed by atoms with Crippen LogP contribution < -0.4 is 4.74 Å². The molecule has 0 aliphatic heterocycles. The van der Waals surface area contributed by atoms with Crippen LogP contribution in [0.25, 0.3) is 11.2 Å². The molecule has 0 radical (unpaired) electrons. The van der Waals surface area contributed by atoms with Crippen molar-refractivity contribution in [3.8, 4) is 5.88 Å². The molecular weight excluding hydrogens is 338 g/mol. The van der Waals surface area contributed by atoms with Crippen molar-refractivity contribution < 1.29 is 4.74 Å². The Labute approximate surface area is 152 Å². The van der Waals surface area contributed by atoms with E-state index in [1.54, 1.807) is 4.68 Å². The largest absolute Gasteiger partial charge is 0.473 e. The van der Waals surface area contributed by atoms with Crippen molar-refractivity contribution in [1.29, 1.82) is 0 Å². The van der Waals surface area contributed by atoms with E-state index in [1.807, 2.05) is 38.1 Å². The first-order valence-electron chi connectivity index (χ1n) is 8.27. The topological polar surface area (TPSA) is 65.7 Å². The van der Waals surface area contributed by atoms with Crippen molar-refractivity contribution >= 4 is 22.8 Å². The van der Waals surface area contributed by atoms with Crippen LogP contribution in [0.3, 0.4) is 0 Å². The van der Waals surface area contributed by atoms with Gasteiger partial charge in [0.1, 0.15) is 5.82 Å². The highest BCUT2D eigenvalue weighted by atomic mass is 35.5. The summed E-state index contributed by atoms with van der Waals surface area (Å²) in [6, 6.07) is 7.68. The van der Waals surface area contributed by atoms with Gasteiger partial charge >= 0.3 is 0 Å². The minimum atomic E-state index is -0.219. The van der Waals surface area contributed by atoms with Gasteiger partial charge in [-0.2, -0.15) is 4.98 Å². The normalized spacial score (nSPS) is 12.1. The Hall–Kier alpha value is -2.21. The summed E-state index contributed by atoms with van der Waals surface area (Å²) in [6.07, 6.45) is -0.0142. The molecule has 2 aromatic heterocycles. The van der Waals surface area contributed by atoms with Gasteiger partial charge in [0.25, 0.3) is 0 Å². The van der Waals surface area contributed by atoms with Crippen molar-refractivity contribution in [1.82, 2.24) is 25.0 Å². The van der Waals surface area contributed by atoms with Crippen LogP contribution in [0.1, 0.15) is 46.0 Å². The Morgan fingerprint density at radius 1 is 1.16 bits per heavy atom. The van der Waals surface area contributed by atoms with Gasteiger partial charge < -0.3 is 4.74 Å². The lowest BCUT2D eigenvalue weighted by Crippen LogP contribution is -2.18. The lowest BCUT2D eigenvalue weighted by Gasteiger charge is -2.18. The Morgan fingerprint density at radius 2 is 1.88 bits per heavy atom. The SMILES string of the molecule is CC(C)Oc1nc(C(C)(C)C)nc2c1nnn2Cc1ccccc1Cl. The average Bonchev–Trinajstić information content (AvgIpc) is 2.91. The number of fused-ring (bicyclic) bond motifs is 1. The maximum atomic E-state index is 6.28. The molecule has 0 saturated carbocycles. The van der Waals surface area contributed by atoms with Gasteiger partial charge in [0.15, 0.2) is 11.2 Å². The molecule has 1 aromatic carbocycles. The Bertz CT molecular complexity index is 898. The van der Waals surface area contributed by atoms with Gasteiger partial charge in [-0.1, -0.05) is 55.8 Å². The zero-order valence-corrected chi connectivity index (χ0v) is 15.9. The van der Waals surface area contributed by atoms with Gasteiger partial charge in [-0.05, 0) is 25.5 Å². The molecule has 25 heavy (non-hydrogen) atoms. The zero-order valence-electron chi connectivity index (χ0n) is 15.1. The lowest BCUT2D eigenvalue weighted by molar-refractivity contribution is 0.233. The molecule has 0 unspecified atom stereocenters. The molecule has 6 nitrogen and oxygen atoms in total. The van der Waals surface area contributed by atoms with Crippen LogP contribution in [-0.2, 0) is 12.0 Å². The Morgan fingerprint density at radius 3 is 2.52 bits per heavy atom. The van der Waals surface area contributed by atoms with Crippen molar-refractivity contribution in [2.24, 2.45) is 0 Å². The molecule has 0 spiro atoms. The van der Waals surface area contributed by atoms with Crippen LogP contribution in [0.4, 0.5) is 0 Å². The molecule has 3 aromatic rings. The second kappa shape index (κ2) is 6.59. The second-order valence-corrected chi connectivity index (χ2v) is 7.69. The number of rotatable bonds is 4. The van der Waals surface area contributed by atoms with E-state index >= 15 is 0 Å². The third-order valence-corrected chi connectivity index (χ3v) is 4.00. The van der Waals surface area contributed by atoms with Gasteiger partial charge in [0.2, 0.25) is 5.88 Å². The highest BCUT2D eigenvalue weighted by Crippen LogP contribution is 2.27. The van der Waals surface area contributed by atoms with E-state index in [2.05, 4.69) is 36.1 Å². The monoisotopic (exact) mass is 359 g/mol. The quantitative estimate of drug-likeness (QED) is 0.704. The molecule has 2 heterocycles. The van der Waals surface area contributed by atoms with E-state index in [4.69, 9.17) is 21.3 Å². The van der Waals surface area contributed by atoms with Crippen molar-refractivity contribution in [3.63, 3.8) is 0 Å². The lowest BCUT2D eigenvalue weighted by atomic mass is 9.96. The summed E-state index contributed by atoms with van der Waals surface area (Å²) in [5.41, 5.74) is 1.95. The van der Waals surface area contributed by atoms with Crippen molar-refractivity contribution in [2.75, 3.05) is 0 Å². The predicted molar refractivity (Wildman–Crippen MR) is 98.1 cm³/mol. The fourth-order valence-corrected chi connectivity index (χ4v) is 2.56. The molecule has 132 valence electrons.